The number of carbonyl (C=O) groups is 1. The number of carbonyl (C=O) groups excluding carboxylic acids is 1. The Hall–Kier alpha value is -1.82. The van der Waals surface area contributed by atoms with Crippen LogP contribution in [0.1, 0.15) is 41.8 Å². The molecule has 1 aromatic heterocycles. The van der Waals surface area contributed by atoms with Crippen molar-refractivity contribution in [2.75, 3.05) is 13.3 Å². The Morgan fingerprint density at radius 1 is 1.33 bits per heavy atom. The Labute approximate surface area is 129 Å². The summed E-state index contributed by atoms with van der Waals surface area (Å²) in [6, 6.07) is 8.18. The second kappa shape index (κ2) is 6.76. The minimum atomic E-state index is -0.174. The van der Waals surface area contributed by atoms with Gasteiger partial charge in [-0.25, -0.2) is 4.98 Å². The molecule has 0 saturated carbocycles. The number of amides is 1. The first kappa shape index (κ1) is 15.6. The monoisotopic (exact) mass is 304 g/mol. The number of aromatic nitrogens is 3. The van der Waals surface area contributed by atoms with Crippen molar-refractivity contribution in [3.8, 4) is 0 Å². The predicted molar refractivity (Wildman–Crippen MR) is 84.5 cm³/mol. The molecule has 112 valence electrons. The molecule has 0 fully saturated rings. The van der Waals surface area contributed by atoms with Crippen LogP contribution in [-0.4, -0.2) is 39.3 Å². The number of hydrogen-bond donors (Lipinski definition) is 1. The summed E-state index contributed by atoms with van der Waals surface area (Å²) in [6.45, 7) is 4.55. The largest absolute Gasteiger partial charge is 0.335 e. The highest BCUT2D eigenvalue weighted by Crippen LogP contribution is 2.16. The van der Waals surface area contributed by atoms with Crippen LogP contribution in [0.3, 0.4) is 0 Å². The van der Waals surface area contributed by atoms with Gasteiger partial charge < -0.3 is 4.90 Å². The van der Waals surface area contributed by atoms with Crippen molar-refractivity contribution in [3.63, 3.8) is 0 Å². The molecule has 0 bridgehead atoms. The number of thioether (sulfide) groups is 1. The Morgan fingerprint density at radius 2 is 2.00 bits per heavy atom. The fraction of sp³-hybridized carbons (Fsp3) is 0.400. The lowest BCUT2D eigenvalue weighted by Gasteiger charge is -2.15. The zero-order valence-corrected chi connectivity index (χ0v) is 13.6. The second-order valence-electron chi connectivity index (χ2n) is 5.21. The number of rotatable bonds is 5. The summed E-state index contributed by atoms with van der Waals surface area (Å²) < 4.78 is 0. The average molecular weight is 304 g/mol. The quantitative estimate of drug-likeness (QED) is 0.863. The number of nitrogens with zero attached hydrogens (tertiary/aromatic N) is 3. The number of H-pyrrole nitrogens is 1. The first-order valence-electron chi connectivity index (χ1n) is 6.82. The molecule has 0 aliphatic heterocycles. The lowest BCUT2D eigenvalue weighted by Crippen LogP contribution is -2.27. The van der Waals surface area contributed by atoms with Gasteiger partial charge in [-0.15, -0.1) is 16.9 Å². The molecular formula is C15H20N4OS. The molecule has 0 radical (unpaired) electrons. The van der Waals surface area contributed by atoms with Crippen LogP contribution in [-0.2, 0) is 6.54 Å². The number of nitrogens with one attached hydrogen (secondary N) is 1. The molecule has 0 aliphatic carbocycles. The van der Waals surface area contributed by atoms with E-state index in [1.54, 1.807) is 23.7 Å². The molecule has 0 spiro atoms. The Kier molecular flexibility index (Phi) is 5.01. The smallest absolute Gasteiger partial charge is 0.293 e. The molecular weight excluding hydrogens is 284 g/mol. The van der Waals surface area contributed by atoms with Gasteiger partial charge in [-0.1, -0.05) is 26.0 Å². The third-order valence-corrected chi connectivity index (χ3v) is 3.91. The van der Waals surface area contributed by atoms with E-state index in [0.717, 1.165) is 11.4 Å². The zero-order chi connectivity index (χ0) is 15.4. The summed E-state index contributed by atoms with van der Waals surface area (Å²) in [5, 5.41) is 6.81. The van der Waals surface area contributed by atoms with Crippen LogP contribution in [0, 0.1) is 0 Å². The molecule has 6 heteroatoms. The molecule has 0 saturated heterocycles. The summed E-state index contributed by atoms with van der Waals surface area (Å²) in [7, 11) is 1.76. The average Bonchev–Trinajstić information content (AvgIpc) is 2.97. The molecule has 1 aromatic carbocycles. The molecule has 2 aromatic rings. The zero-order valence-electron chi connectivity index (χ0n) is 12.8. The van der Waals surface area contributed by atoms with Gasteiger partial charge in [-0.3, -0.25) is 9.89 Å². The van der Waals surface area contributed by atoms with Gasteiger partial charge in [0.1, 0.15) is 5.82 Å². The topological polar surface area (TPSA) is 61.9 Å². The van der Waals surface area contributed by atoms with Crippen molar-refractivity contribution in [2.24, 2.45) is 0 Å². The molecule has 1 amide bonds. The van der Waals surface area contributed by atoms with E-state index in [4.69, 9.17) is 0 Å². The van der Waals surface area contributed by atoms with Crippen LogP contribution < -0.4 is 0 Å². The summed E-state index contributed by atoms with van der Waals surface area (Å²) in [6.07, 6.45) is 2.04. The SMILES string of the molecule is CSc1ccc(CN(C)C(=O)c2n[nH]c(C(C)C)n2)cc1. The Balaban J connectivity index is 2.04. The summed E-state index contributed by atoms with van der Waals surface area (Å²) in [5.41, 5.74) is 1.09. The van der Waals surface area contributed by atoms with Gasteiger partial charge in [0, 0.05) is 24.4 Å². The highest BCUT2D eigenvalue weighted by atomic mass is 32.2. The summed E-state index contributed by atoms with van der Waals surface area (Å²) >= 11 is 1.70. The van der Waals surface area contributed by atoms with Crippen LogP contribution in [0.4, 0.5) is 0 Å². The van der Waals surface area contributed by atoms with Gasteiger partial charge in [-0.2, -0.15) is 0 Å². The van der Waals surface area contributed by atoms with Crippen LogP contribution in [0.25, 0.3) is 0 Å². The fourth-order valence-corrected chi connectivity index (χ4v) is 2.28. The minimum Gasteiger partial charge on any atom is -0.335 e. The molecule has 0 atom stereocenters. The van der Waals surface area contributed by atoms with Crippen molar-refractivity contribution in [2.45, 2.75) is 31.2 Å². The maximum atomic E-state index is 12.3. The first-order chi connectivity index (χ1) is 10.0. The number of aromatic amines is 1. The van der Waals surface area contributed by atoms with Gasteiger partial charge in [0.05, 0.1) is 0 Å². The van der Waals surface area contributed by atoms with Gasteiger partial charge in [0.15, 0.2) is 0 Å². The lowest BCUT2D eigenvalue weighted by atomic mass is 10.2. The van der Waals surface area contributed by atoms with E-state index in [9.17, 15) is 4.79 Å². The predicted octanol–water partition coefficient (Wildman–Crippen LogP) is 2.92. The van der Waals surface area contributed by atoms with E-state index in [2.05, 4.69) is 27.3 Å². The highest BCUT2D eigenvalue weighted by Gasteiger charge is 2.18. The molecule has 5 nitrogen and oxygen atoms in total. The van der Waals surface area contributed by atoms with Crippen molar-refractivity contribution in [3.05, 3.63) is 41.5 Å². The van der Waals surface area contributed by atoms with Crippen molar-refractivity contribution in [1.82, 2.24) is 20.1 Å². The third-order valence-electron chi connectivity index (χ3n) is 3.17. The van der Waals surface area contributed by atoms with Crippen molar-refractivity contribution < 1.29 is 4.79 Å². The van der Waals surface area contributed by atoms with Crippen LogP contribution >= 0.6 is 11.8 Å². The molecule has 2 rings (SSSR count). The molecule has 0 aliphatic rings. The van der Waals surface area contributed by atoms with Gasteiger partial charge in [0.25, 0.3) is 5.91 Å². The van der Waals surface area contributed by atoms with E-state index in [1.807, 2.05) is 32.2 Å². The van der Waals surface area contributed by atoms with Crippen LogP contribution in [0.2, 0.25) is 0 Å². The van der Waals surface area contributed by atoms with E-state index in [-0.39, 0.29) is 17.6 Å². The van der Waals surface area contributed by atoms with Crippen molar-refractivity contribution >= 4 is 17.7 Å². The van der Waals surface area contributed by atoms with Crippen molar-refractivity contribution in [1.29, 1.82) is 0 Å². The summed E-state index contributed by atoms with van der Waals surface area (Å²) in [4.78, 5) is 19.4. The molecule has 21 heavy (non-hydrogen) atoms. The van der Waals surface area contributed by atoms with E-state index in [0.29, 0.717) is 6.54 Å². The normalized spacial score (nSPS) is 10.9. The molecule has 1 N–H and O–H groups in total. The van der Waals surface area contributed by atoms with Gasteiger partial charge in [0.2, 0.25) is 5.82 Å². The standard InChI is InChI=1S/C15H20N4OS/c1-10(2)13-16-14(18-17-13)15(20)19(3)9-11-5-7-12(21-4)8-6-11/h5-8,10H,9H2,1-4H3,(H,16,17,18). The minimum absolute atomic E-state index is 0.174. The first-order valence-corrected chi connectivity index (χ1v) is 8.04. The van der Waals surface area contributed by atoms with E-state index in [1.165, 1.54) is 4.90 Å². The van der Waals surface area contributed by atoms with Crippen LogP contribution in [0.15, 0.2) is 29.2 Å². The van der Waals surface area contributed by atoms with Gasteiger partial charge in [-0.05, 0) is 24.0 Å². The van der Waals surface area contributed by atoms with Gasteiger partial charge >= 0.3 is 0 Å². The maximum Gasteiger partial charge on any atom is 0.293 e. The Morgan fingerprint density at radius 3 is 2.52 bits per heavy atom. The van der Waals surface area contributed by atoms with E-state index < -0.39 is 0 Å². The number of hydrogen-bond acceptors (Lipinski definition) is 4. The third kappa shape index (κ3) is 3.85. The van der Waals surface area contributed by atoms with E-state index >= 15 is 0 Å². The molecule has 1 heterocycles. The lowest BCUT2D eigenvalue weighted by molar-refractivity contribution is 0.0773. The highest BCUT2D eigenvalue weighted by molar-refractivity contribution is 7.98. The number of benzene rings is 1. The summed E-state index contributed by atoms with van der Waals surface area (Å²) in [5.74, 6) is 1.01. The maximum absolute atomic E-state index is 12.3. The molecule has 0 unspecified atom stereocenters. The van der Waals surface area contributed by atoms with Crippen LogP contribution in [0.5, 0.6) is 0 Å². The Bertz CT molecular complexity index is 606. The fourth-order valence-electron chi connectivity index (χ4n) is 1.88. The second-order valence-corrected chi connectivity index (χ2v) is 6.09.